The number of carbonyl (C=O) groups excluding carboxylic acids is 2. The van der Waals surface area contributed by atoms with E-state index in [1.807, 2.05) is 6.92 Å². The molecule has 0 unspecified atom stereocenters. The van der Waals surface area contributed by atoms with Crippen molar-refractivity contribution in [1.29, 1.82) is 0 Å². The van der Waals surface area contributed by atoms with Gasteiger partial charge in [-0.2, -0.15) is 0 Å². The number of amides is 1. The van der Waals surface area contributed by atoms with Crippen LogP contribution in [-0.2, 0) is 0 Å². The second kappa shape index (κ2) is 4.56. The fourth-order valence-corrected chi connectivity index (χ4v) is 1.14. The summed E-state index contributed by atoms with van der Waals surface area (Å²) >= 11 is 0. The van der Waals surface area contributed by atoms with Crippen molar-refractivity contribution in [2.45, 2.75) is 6.92 Å². The van der Waals surface area contributed by atoms with Gasteiger partial charge in [0.1, 0.15) is 0 Å². The molecule has 14 heavy (non-hydrogen) atoms. The Morgan fingerprint density at radius 2 is 2.07 bits per heavy atom. The number of rotatable bonds is 3. The minimum absolute atomic E-state index is 0.116. The average Bonchev–Trinajstić information content (AvgIpc) is 2.26. The van der Waals surface area contributed by atoms with Gasteiger partial charge in [0.25, 0.3) is 5.91 Å². The molecule has 0 aliphatic carbocycles. The molecule has 0 radical (unpaired) electrons. The van der Waals surface area contributed by atoms with E-state index in [0.29, 0.717) is 24.0 Å². The predicted molar refractivity (Wildman–Crippen MR) is 54.5 cm³/mol. The zero-order chi connectivity index (χ0) is 10.6. The summed E-state index contributed by atoms with van der Waals surface area (Å²) in [7, 11) is 1.71. The highest BCUT2D eigenvalue weighted by Gasteiger charge is 2.12. The number of hydrogen-bond acceptors (Lipinski definition) is 2. The Balaban J connectivity index is 3.05. The zero-order valence-corrected chi connectivity index (χ0v) is 8.36. The molecule has 0 aromatic heterocycles. The first-order valence-corrected chi connectivity index (χ1v) is 4.50. The lowest BCUT2D eigenvalue weighted by Crippen LogP contribution is -2.27. The van der Waals surface area contributed by atoms with Crippen LogP contribution in [0.4, 0.5) is 0 Å². The van der Waals surface area contributed by atoms with Crippen LogP contribution in [0.5, 0.6) is 0 Å². The third kappa shape index (κ3) is 1.99. The van der Waals surface area contributed by atoms with Gasteiger partial charge in [0.15, 0.2) is 6.29 Å². The SMILES string of the molecule is CCN(C)C(=O)c1ccccc1C=O. The van der Waals surface area contributed by atoms with Crippen molar-refractivity contribution in [2.75, 3.05) is 13.6 Å². The Morgan fingerprint density at radius 3 is 2.64 bits per heavy atom. The van der Waals surface area contributed by atoms with Crippen molar-refractivity contribution in [1.82, 2.24) is 4.90 Å². The van der Waals surface area contributed by atoms with E-state index < -0.39 is 0 Å². The Hall–Kier alpha value is -1.64. The van der Waals surface area contributed by atoms with E-state index >= 15 is 0 Å². The van der Waals surface area contributed by atoms with E-state index in [0.717, 1.165) is 0 Å². The van der Waals surface area contributed by atoms with Crippen molar-refractivity contribution in [2.24, 2.45) is 0 Å². The molecule has 0 saturated carbocycles. The van der Waals surface area contributed by atoms with E-state index in [1.165, 1.54) is 0 Å². The summed E-state index contributed by atoms with van der Waals surface area (Å²) in [4.78, 5) is 24.0. The number of benzene rings is 1. The molecule has 0 bridgehead atoms. The maximum absolute atomic E-state index is 11.7. The average molecular weight is 191 g/mol. The molecule has 0 saturated heterocycles. The molecule has 0 fully saturated rings. The highest BCUT2D eigenvalue weighted by Crippen LogP contribution is 2.08. The van der Waals surface area contributed by atoms with Gasteiger partial charge in [0.05, 0.1) is 5.56 Å². The van der Waals surface area contributed by atoms with Crippen LogP contribution < -0.4 is 0 Å². The molecule has 3 heteroatoms. The van der Waals surface area contributed by atoms with Crippen LogP contribution in [0.3, 0.4) is 0 Å². The van der Waals surface area contributed by atoms with Crippen molar-refractivity contribution in [3.63, 3.8) is 0 Å². The van der Waals surface area contributed by atoms with E-state index in [-0.39, 0.29) is 5.91 Å². The van der Waals surface area contributed by atoms with Crippen molar-refractivity contribution < 1.29 is 9.59 Å². The van der Waals surface area contributed by atoms with Crippen LogP contribution in [0.2, 0.25) is 0 Å². The molecule has 0 N–H and O–H groups in total. The van der Waals surface area contributed by atoms with Gasteiger partial charge in [-0.25, -0.2) is 0 Å². The van der Waals surface area contributed by atoms with Gasteiger partial charge in [-0.05, 0) is 13.0 Å². The summed E-state index contributed by atoms with van der Waals surface area (Å²) in [6, 6.07) is 6.80. The van der Waals surface area contributed by atoms with E-state index in [9.17, 15) is 9.59 Å². The monoisotopic (exact) mass is 191 g/mol. The van der Waals surface area contributed by atoms with Crippen LogP contribution in [0, 0.1) is 0 Å². The van der Waals surface area contributed by atoms with Gasteiger partial charge >= 0.3 is 0 Å². The molecule has 1 aromatic rings. The topological polar surface area (TPSA) is 37.4 Å². The number of carbonyl (C=O) groups is 2. The summed E-state index contributed by atoms with van der Waals surface area (Å²) < 4.78 is 0. The standard InChI is InChI=1S/C11H13NO2/c1-3-12(2)11(14)10-7-5-4-6-9(10)8-13/h4-8H,3H2,1-2H3. The van der Waals surface area contributed by atoms with Crippen molar-refractivity contribution in [3.05, 3.63) is 35.4 Å². The first-order valence-electron chi connectivity index (χ1n) is 4.50. The highest BCUT2D eigenvalue weighted by molar-refractivity contribution is 6.01. The first kappa shape index (κ1) is 10.4. The lowest BCUT2D eigenvalue weighted by molar-refractivity contribution is 0.0799. The Morgan fingerprint density at radius 1 is 1.43 bits per heavy atom. The maximum atomic E-state index is 11.7. The van der Waals surface area contributed by atoms with Gasteiger partial charge in [-0.3, -0.25) is 9.59 Å². The lowest BCUT2D eigenvalue weighted by Gasteiger charge is -2.15. The molecular weight excluding hydrogens is 178 g/mol. The molecule has 1 amide bonds. The fourth-order valence-electron chi connectivity index (χ4n) is 1.14. The van der Waals surface area contributed by atoms with Gasteiger partial charge in [-0.15, -0.1) is 0 Å². The molecule has 1 aromatic carbocycles. The Kier molecular flexibility index (Phi) is 3.40. The molecule has 0 spiro atoms. The first-order chi connectivity index (χ1) is 6.70. The lowest BCUT2D eigenvalue weighted by atomic mass is 10.1. The highest BCUT2D eigenvalue weighted by atomic mass is 16.2. The number of hydrogen-bond donors (Lipinski definition) is 0. The predicted octanol–water partition coefficient (Wildman–Crippen LogP) is 1.59. The van der Waals surface area contributed by atoms with E-state index in [4.69, 9.17) is 0 Å². The Labute approximate surface area is 83.3 Å². The molecule has 1 rings (SSSR count). The van der Waals surface area contributed by atoms with Crippen LogP contribution in [0.1, 0.15) is 27.6 Å². The number of aldehydes is 1. The smallest absolute Gasteiger partial charge is 0.254 e. The fraction of sp³-hybridized carbons (Fsp3) is 0.273. The molecule has 74 valence electrons. The largest absolute Gasteiger partial charge is 0.342 e. The van der Waals surface area contributed by atoms with Gasteiger partial charge in [-0.1, -0.05) is 18.2 Å². The van der Waals surface area contributed by atoms with Crippen LogP contribution in [0.15, 0.2) is 24.3 Å². The normalized spacial score (nSPS) is 9.57. The molecule has 0 aliphatic heterocycles. The minimum atomic E-state index is -0.116. The third-order valence-corrected chi connectivity index (χ3v) is 2.14. The molecule has 0 atom stereocenters. The van der Waals surface area contributed by atoms with Gasteiger partial charge < -0.3 is 4.90 Å². The van der Waals surface area contributed by atoms with Gasteiger partial charge in [0, 0.05) is 19.2 Å². The zero-order valence-electron chi connectivity index (χ0n) is 8.36. The molecule has 3 nitrogen and oxygen atoms in total. The summed E-state index contributed by atoms with van der Waals surface area (Å²) in [5.74, 6) is -0.116. The van der Waals surface area contributed by atoms with Crippen LogP contribution >= 0.6 is 0 Å². The molecule has 0 heterocycles. The summed E-state index contributed by atoms with van der Waals surface area (Å²) in [6.07, 6.45) is 0.705. The van der Waals surface area contributed by atoms with Crippen LogP contribution in [-0.4, -0.2) is 30.7 Å². The molecule has 0 aliphatic rings. The van der Waals surface area contributed by atoms with Crippen molar-refractivity contribution in [3.8, 4) is 0 Å². The second-order valence-electron chi connectivity index (χ2n) is 3.02. The number of nitrogens with zero attached hydrogens (tertiary/aromatic N) is 1. The maximum Gasteiger partial charge on any atom is 0.254 e. The summed E-state index contributed by atoms with van der Waals surface area (Å²) in [5.41, 5.74) is 0.907. The third-order valence-electron chi connectivity index (χ3n) is 2.14. The van der Waals surface area contributed by atoms with Gasteiger partial charge in [0.2, 0.25) is 0 Å². The summed E-state index contributed by atoms with van der Waals surface area (Å²) in [5, 5.41) is 0. The minimum Gasteiger partial charge on any atom is -0.342 e. The second-order valence-corrected chi connectivity index (χ2v) is 3.02. The van der Waals surface area contributed by atoms with Crippen molar-refractivity contribution >= 4 is 12.2 Å². The quantitative estimate of drug-likeness (QED) is 0.680. The summed E-state index contributed by atoms with van der Waals surface area (Å²) in [6.45, 7) is 2.52. The molecular formula is C11H13NO2. The van der Waals surface area contributed by atoms with E-state index in [1.54, 1.807) is 36.2 Å². The Bertz CT molecular complexity index is 347. The van der Waals surface area contributed by atoms with E-state index in [2.05, 4.69) is 0 Å². The van der Waals surface area contributed by atoms with Crippen LogP contribution in [0.25, 0.3) is 0 Å².